The van der Waals surface area contributed by atoms with E-state index in [1.807, 2.05) is 31.2 Å². The van der Waals surface area contributed by atoms with E-state index < -0.39 is 10.0 Å². The van der Waals surface area contributed by atoms with E-state index >= 15 is 0 Å². The highest BCUT2D eigenvalue weighted by atomic mass is 32.2. The molecule has 6 heteroatoms. The van der Waals surface area contributed by atoms with Gasteiger partial charge >= 0.3 is 0 Å². The Labute approximate surface area is 107 Å². The number of hydrogen-bond acceptors (Lipinski definition) is 3. The summed E-state index contributed by atoms with van der Waals surface area (Å²) in [5.41, 5.74) is 1.89. The molecule has 0 aliphatic rings. The van der Waals surface area contributed by atoms with Crippen LogP contribution in [0.25, 0.3) is 11.0 Å². The Kier molecular flexibility index (Phi) is 3.68. The van der Waals surface area contributed by atoms with Crippen molar-refractivity contribution >= 4 is 21.1 Å². The van der Waals surface area contributed by atoms with Gasteiger partial charge in [0.25, 0.3) is 0 Å². The topological polar surface area (TPSA) is 66.1 Å². The van der Waals surface area contributed by atoms with Gasteiger partial charge in [-0.3, -0.25) is 0 Å². The number of imidazole rings is 1. The third-order valence-electron chi connectivity index (χ3n) is 2.86. The van der Waals surface area contributed by atoms with Crippen LogP contribution in [0.5, 0.6) is 0 Å². The van der Waals surface area contributed by atoms with E-state index in [-0.39, 0.29) is 0 Å². The average Bonchev–Trinajstić information content (AvgIpc) is 2.70. The molecule has 18 heavy (non-hydrogen) atoms. The number of nitrogens with zero attached hydrogens (tertiary/aromatic N) is 2. The molecule has 2 rings (SSSR count). The summed E-state index contributed by atoms with van der Waals surface area (Å²) in [4.78, 5) is 7.62. The lowest BCUT2D eigenvalue weighted by molar-refractivity contribution is 0.433. The molecule has 0 unspecified atom stereocenters. The summed E-state index contributed by atoms with van der Waals surface area (Å²) >= 11 is 0. The predicted molar refractivity (Wildman–Crippen MR) is 71.9 cm³/mol. The van der Waals surface area contributed by atoms with Gasteiger partial charge in [0.15, 0.2) is 0 Å². The maximum absolute atomic E-state index is 11.5. The number of para-hydroxylation sites is 2. The van der Waals surface area contributed by atoms with Crippen LogP contribution in [0, 0.1) is 0 Å². The number of hydrogen-bond donors (Lipinski definition) is 1. The van der Waals surface area contributed by atoms with Crippen molar-refractivity contribution in [2.45, 2.75) is 13.3 Å². The molecular weight excluding hydrogens is 250 g/mol. The minimum absolute atomic E-state index is 0.454. The van der Waals surface area contributed by atoms with Gasteiger partial charge in [0.2, 0.25) is 10.0 Å². The first-order valence-corrected chi connectivity index (χ1v) is 7.74. The zero-order valence-corrected chi connectivity index (χ0v) is 11.4. The molecule has 0 radical (unpaired) electrons. The molecule has 2 aromatic rings. The SMILES string of the molecule is CCN(CCc1nc2ccccc2[nH]1)S(C)(=O)=O. The van der Waals surface area contributed by atoms with Crippen molar-refractivity contribution in [3.8, 4) is 0 Å². The number of sulfonamides is 1. The van der Waals surface area contributed by atoms with Crippen molar-refractivity contribution in [3.05, 3.63) is 30.1 Å². The average molecular weight is 267 g/mol. The maximum Gasteiger partial charge on any atom is 0.211 e. The van der Waals surface area contributed by atoms with Crippen molar-refractivity contribution in [2.75, 3.05) is 19.3 Å². The Bertz CT molecular complexity index is 601. The van der Waals surface area contributed by atoms with Crippen LogP contribution in [-0.4, -0.2) is 42.0 Å². The summed E-state index contributed by atoms with van der Waals surface area (Å²) in [6, 6.07) is 7.77. The van der Waals surface area contributed by atoms with Gasteiger partial charge in [0, 0.05) is 19.5 Å². The molecule has 0 saturated heterocycles. The number of nitrogens with one attached hydrogen (secondary N) is 1. The molecule has 0 atom stereocenters. The second kappa shape index (κ2) is 5.07. The molecule has 1 heterocycles. The first kappa shape index (κ1) is 13.0. The van der Waals surface area contributed by atoms with Crippen LogP contribution < -0.4 is 0 Å². The second-order valence-electron chi connectivity index (χ2n) is 4.21. The molecule has 0 fully saturated rings. The number of aromatic nitrogens is 2. The predicted octanol–water partition coefficient (Wildman–Crippen LogP) is 1.39. The van der Waals surface area contributed by atoms with E-state index in [0.717, 1.165) is 16.9 Å². The van der Waals surface area contributed by atoms with Gasteiger partial charge in [-0.15, -0.1) is 0 Å². The quantitative estimate of drug-likeness (QED) is 0.890. The normalized spacial score (nSPS) is 12.4. The second-order valence-corrected chi connectivity index (χ2v) is 6.19. The maximum atomic E-state index is 11.5. The molecule has 0 bridgehead atoms. The molecule has 0 aliphatic carbocycles. The Morgan fingerprint density at radius 3 is 2.67 bits per heavy atom. The van der Waals surface area contributed by atoms with Gasteiger partial charge in [0.1, 0.15) is 5.82 Å². The van der Waals surface area contributed by atoms with Crippen molar-refractivity contribution in [1.82, 2.24) is 14.3 Å². The fraction of sp³-hybridized carbons (Fsp3) is 0.417. The number of H-pyrrole nitrogens is 1. The highest BCUT2D eigenvalue weighted by molar-refractivity contribution is 7.88. The van der Waals surface area contributed by atoms with Gasteiger partial charge in [-0.1, -0.05) is 19.1 Å². The molecule has 0 spiro atoms. The smallest absolute Gasteiger partial charge is 0.211 e. The van der Waals surface area contributed by atoms with Crippen molar-refractivity contribution in [2.24, 2.45) is 0 Å². The van der Waals surface area contributed by atoms with Gasteiger partial charge in [-0.25, -0.2) is 17.7 Å². The van der Waals surface area contributed by atoms with Crippen LogP contribution in [0.15, 0.2) is 24.3 Å². The first-order chi connectivity index (χ1) is 8.50. The van der Waals surface area contributed by atoms with E-state index in [0.29, 0.717) is 19.5 Å². The van der Waals surface area contributed by atoms with E-state index in [1.54, 1.807) is 0 Å². The Balaban J connectivity index is 2.10. The summed E-state index contributed by atoms with van der Waals surface area (Å²) in [6.45, 7) is 2.77. The van der Waals surface area contributed by atoms with Crippen LogP contribution in [0.3, 0.4) is 0 Å². The number of benzene rings is 1. The molecule has 5 nitrogen and oxygen atoms in total. The van der Waals surface area contributed by atoms with Gasteiger partial charge in [-0.2, -0.15) is 0 Å². The first-order valence-electron chi connectivity index (χ1n) is 5.89. The molecule has 0 saturated carbocycles. The van der Waals surface area contributed by atoms with E-state index in [1.165, 1.54) is 10.6 Å². The third-order valence-corrected chi connectivity index (χ3v) is 4.24. The lowest BCUT2D eigenvalue weighted by atomic mass is 10.3. The number of aromatic amines is 1. The van der Waals surface area contributed by atoms with E-state index in [4.69, 9.17) is 0 Å². The van der Waals surface area contributed by atoms with Gasteiger partial charge in [-0.05, 0) is 12.1 Å². The molecular formula is C12H17N3O2S. The molecule has 1 aromatic heterocycles. The Morgan fingerprint density at radius 1 is 1.33 bits per heavy atom. The zero-order valence-electron chi connectivity index (χ0n) is 10.5. The highest BCUT2D eigenvalue weighted by Crippen LogP contribution is 2.11. The Morgan fingerprint density at radius 2 is 2.06 bits per heavy atom. The van der Waals surface area contributed by atoms with Crippen LogP contribution in [0.4, 0.5) is 0 Å². The third kappa shape index (κ3) is 2.88. The fourth-order valence-electron chi connectivity index (χ4n) is 1.91. The summed E-state index contributed by atoms with van der Waals surface area (Å²) < 4.78 is 24.3. The summed E-state index contributed by atoms with van der Waals surface area (Å²) in [5, 5.41) is 0. The molecule has 0 amide bonds. The minimum atomic E-state index is -3.12. The molecule has 98 valence electrons. The highest BCUT2D eigenvalue weighted by Gasteiger charge is 2.14. The van der Waals surface area contributed by atoms with Crippen molar-refractivity contribution in [1.29, 1.82) is 0 Å². The monoisotopic (exact) mass is 267 g/mol. The number of fused-ring (bicyclic) bond motifs is 1. The van der Waals surface area contributed by atoms with Crippen LogP contribution in [-0.2, 0) is 16.4 Å². The van der Waals surface area contributed by atoms with Gasteiger partial charge < -0.3 is 4.98 Å². The largest absolute Gasteiger partial charge is 0.342 e. The Hall–Kier alpha value is -1.40. The molecule has 1 aromatic carbocycles. The van der Waals surface area contributed by atoms with Crippen LogP contribution >= 0.6 is 0 Å². The van der Waals surface area contributed by atoms with E-state index in [9.17, 15) is 8.42 Å². The summed E-state index contributed by atoms with van der Waals surface area (Å²) in [7, 11) is -3.12. The molecule has 0 aliphatic heterocycles. The minimum Gasteiger partial charge on any atom is -0.342 e. The zero-order chi connectivity index (χ0) is 13.2. The van der Waals surface area contributed by atoms with Crippen LogP contribution in [0.2, 0.25) is 0 Å². The fourth-order valence-corrected chi connectivity index (χ4v) is 2.81. The standard InChI is InChI=1S/C12H17N3O2S/c1-3-15(18(2,16)17)9-8-12-13-10-6-4-5-7-11(10)14-12/h4-7H,3,8-9H2,1-2H3,(H,13,14). The summed E-state index contributed by atoms with van der Waals surface area (Å²) in [5.74, 6) is 0.818. The lowest BCUT2D eigenvalue weighted by Crippen LogP contribution is -2.31. The summed E-state index contributed by atoms with van der Waals surface area (Å²) in [6.07, 6.45) is 1.82. The van der Waals surface area contributed by atoms with Gasteiger partial charge in [0.05, 0.1) is 17.3 Å². The molecule has 1 N–H and O–H groups in total. The lowest BCUT2D eigenvalue weighted by Gasteiger charge is -2.16. The van der Waals surface area contributed by atoms with E-state index in [2.05, 4.69) is 9.97 Å². The van der Waals surface area contributed by atoms with Crippen molar-refractivity contribution in [3.63, 3.8) is 0 Å². The number of likely N-dealkylation sites (N-methyl/N-ethyl adjacent to an activating group) is 1. The van der Waals surface area contributed by atoms with Crippen LogP contribution in [0.1, 0.15) is 12.7 Å². The van der Waals surface area contributed by atoms with Crippen molar-refractivity contribution < 1.29 is 8.42 Å². The number of rotatable bonds is 5.